The van der Waals surface area contributed by atoms with Crippen molar-refractivity contribution in [1.82, 2.24) is 4.90 Å². The van der Waals surface area contributed by atoms with E-state index in [0.717, 1.165) is 19.4 Å². The van der Waals surface area contributed by atoms with E-state index >= 15 is 0 Å². The summed E-state index contributed by atoms with van der Waals surface area (Å²) in [7, 11) is 0. The molecule has 17 heavy (non-hydrogen) atoms. The van der Waals surface area contributed by atoms with Crippen molar-refractivity contribution < 1.29 is 14.3 Å². The van der Waals surface area contributed by atoms with E-state index in [9.17, 15) is 9.90 Å². The number of hydrogen-bond donors (Lipinski definition) is 1. The van der Waals surface area contributed by atoms with Gasteiger partial charge in [0, 0.05) is 12.6 Å². The van der Waals surface area contributed by atoms with Crippen molar-refractivity contribution in [1.29, 1.82) is 0 Å². The number of carbonyl (C=O) groups excluding carboxylic acids is 1. The molecule has 2 heterocycles. The molecule has 1 saturated heterocycles. The van der Waals surface area contributed by atoms with Crippen LogP contribution in [0.5, 0.6) is 0 Å². The predicted octanol–water partition coefficient (Wildman–Crippen LogP) is 1.96. The summed E-state index contributed by atoms with van der Waals surface area (Å²) in [6, 6.07) is 1.88. The highest BCUT2D eigenvalue weighted by atomic mass is 16.3. The number of nitrogens with zero attached hydrogens (tertiary/aromatic N) is 1. The average Bonchev–Trinajstić information content (AvgIpc) is 2.85. The molecule has 2 atom stereocenters. The molecule has 4 heteroatoms. The van der Waals surface area contributed by atoms with Crippen molar-refractivity contribution >= 4 is 5.91 Å². The van der Waals surface area contributed by atoms with Crippen molar-refractivity contribution in [3.8, 4) is 0 Å². The zero-order valence-corrected chi connectivity index (χ0v) is 10.3. The number of aryl methyl sites for hydroxylation is 1. The van der Waals surface area contributed by atoms with Crippen LogP contribution in [0.4, 0.5) is 0 Å². The molecule has 1 aromatic rings. The minimum atomic E-state index is -0.362. The van der Waals surface area contributed by atoms with Crippen LogP contribution >= 0.6 is 0 Å². The average molecular weight is 237 g/mol. The zero-order valence-electron chi connectivity index (χ0n) is 10.3. The van der Waals surface area contributed by atoms with Crippen LogP contribution in [0.1, 0.15) is 42.3 Å². The first-order valence-corrected chi connectivity index (χ1v) is 6.12. The molecule has 0 aromatic carbocycles. The summed E-state index contributed by atoms with van der Waals surface area (Å²) in [5.74, 6) is 0.692. The highest BCUT2D eigenvalue weighted by Gasteiger charge is 2.31. The van der Waals surface area contributed by atoms with E-state index in [0.29, 0.717) is 17.7 Å². The number of carbonyl (C=O) groups is 1. The SMILES string of the molecule is Cc1occc1C(=O)N1CCCC1CC(C)O. The van der Waals surface area contributed by atoms with Gasteiger partial charge in [-0.25, -0.2) is 0 Å². The molecule has 0 bridgehead atoms. The highest BCUT2D eigenvalue weighted by Crippen LogP contribution is 2.24. The summed E-state index contributed by atoms with van der Waals surface area (Å²) in [5, 5.41) is 9.44. The third kappa shape index (κ3) is 2.52. The van der Waals surface area contributed by atoms with Gasteiger partial charge < -0.3 is 14.4 Å². The topological polar surface area (TPSA) is 53.7 Å². The number of likely N-dealkylation sites (tertiary alicyclic amines) is 1. The maximum atomic E-state index is 12.3. The maximum absolute atomic E-state index is 12.3. The Labute approximate surface area is 101 Å². The Morgan fingerprint density at radius 1 is 1.71 bits per heavy atom. The molecule has 1 aliphatic heterocycles. The normalized spacial score (nSPS) is 21.8. The number of hydrogen-bond acceptors (Lipinski definition) is 3. The lowest BCUT2D eigenvalue weighted by molar-refractivity contribution is 0.0680. The molecule has 0 radical (unpaired) electrons. The maximum Gasteiger partial charge on any atom is 0.257 e. The first-order chi connectivity index (χ1) is 8.09. The van der Waals surface area contributed by atoms with Gasteiger partial charge in [0.15, 0.2) is 0 Å². The van der Waals surface area contributed by atoms with Crippen LogP contribution in [-0.4, -0.2) is 34.6 Å². The van der Waals surface area contributed by atoms with E-state index in [2.05, 4.69) is 0 Å². The van der Waals surface area contributed by atoms with Gasteiger partial charge in [-0.1, -0.05) is 0 Å². The summed E-state index contributed by atoms with van der Waals surface area (Å²) < 4.78 is 5.16. The summed E-state index contributed by atoms with van der Waals surface area (Å²) in [4.78, 5) is 14.2. The van der Waals surface area contributed by atoms with Crippen LogP contribution in [0.3, 0.4) is 0 Å². The fourth-order valence-electron chi connectivity index (χ4n) is 2.50. The van der Waals surface area contributed by atoms with Crippen LogP contribution in [0.2, 0.25) is 0 Å². The number of aliphatic hydroxyl groups excluding tert-OH is 1. The minimum absolute atomic E-state index is 0.0272. The molecule has 2 rings (SSSR count). The molecule has 0 saturated carbocycles. The molecule has 1 N–H and O–H groups in total. The first-order valence-electron chi connectivity index (χ1n) is 6.12. The van der Waals surface area contributed by atoms with Gasteiger partial charge in [-0.3, -0.25) is 4.79 Å². The summed E-state index contributed by atoms with van der Waals surface area (Å²) in [6.07, 6.45) is 3.83. The summed E-state index contributed by atoms with van der Waals surface area (Å²) in [6.45, 7) is 4.35. The number of amides is 1. The van der Waals surface area contributed by atoms with Crippen LogP contribution < -0.4 is 0 Å². The Balaban J connectivity index is 2.11. The second kappa shape index (κ2) is 4.92. The van der Waals surface area contributed by atoms with Gasteiger partial charge in [-0.2, -0.15) is 0 Å². The molecule has 1 amide bonds. The largest absolute Gasteiger partial charge is 0.469 e. The van der Waals surface area contributed by atoms with Gasteiger partial charge in [0.05, 0.1) is 17.9 Å². The van der Waals surface area contributed by atoms with Gasteiger partial charge in [0.1, 0.15) is 5.76 Å². The zero-order chi connectivity index (χ0) is 12.4. The van der Waals surface area contributed by atoms with Gasteiger partial charge >= 0.3 is 0 Å². The molecular formula is C13H19NO3. The van der Waals surface area contributed by atoms with Crippen LogP contribution in [0.15, 0.2) is 16.7 Å². The molecule has 1 fully saturated rings. The molecule has 94 valence electrons. The summed E-state index contributed by atoms with van der Waals surface area (Å²) in [5.41, 5.74) is 0.641. The third-order valence-electron chi connectivity index (χ3n) is 3.34. The second-order valence-electron chi connectivity index (χ2n) is 4.77. The van der Waals surface area contributed by atoms with Gasteiger partial charge in [0.2, 0.25) is 0 Å². The number of rotatable bonds is 3. The lowest BCUT2D eigenvalue weighted by Gasteiger charge is -2.25. The monoisotopic (exact) mass is 237 g/mol. The lowest BCUT2D eigenvalue weighted by atomic mass is 10.1. The fraction of sp³-hybridized carbons (Fsp3) is 0.615. The van der Waals surface area contributed by atoms with E-state index in [1.165, 1.54) is 0 Å². The first kappa shape index (κ1) is 12.2. The predicted molar refractivity (Wildman–Crippen MR) is 63.8 cm³/mol. The molecule has 0 aliphatic carbocycles. The van der Waals surface area contributed by atoms with Crippen LogP contribution in [0.25, 0.3) is 0 Å². The van der Waals surface area contributed by atoms with E-state index in [-0.39, 0.29) is 18.1 Å². The molecule has 0 spiro atoms. The van der Waals surface area contributed by atoms with Crippen molar-refractivity contribution in [3.05, 3.63) is 23.7 Å². The van der Waals surface area contributed by atoms with Crippen molar-refractivity contribution in [2.45, 2.75) is 45.3 Å². The Kier molecular flexibility index (Phi) is 3.52. The molecule has 1 aromatic heterocycles. The highest BCUT2D eigenvalue weighted by molar-refractivity contribution is 5.95. The number of furan rings is 1. The Hall–Kier alpha value is -1.29. The Morgan fingerprint density at radius 2 is 2.47 bits per heavy atom. The van der Waals surface area contributed by atoms with Crippen molar-refractivity contribution in [2.24, 2.45) is 0 Å². The van der Waals surface area contributed by atoms with Crippen LogP contribution in [-0.2, 0) is 0 Å². The molecule has 1 aliphatic rings. The quantitative estimate of drug-likeness (QED) is 0.874. The van der Waals surface area contributed by atoms with Crippen molar-refractivity contribution in [3.63, 3.8) is 0 Å². The standard InChI is InChI=1S/C13H19NO3/c1-9(15)8-11-4-3-6-14(11)13(16)12-5-7-17-10(12)2/h5,7,9,11,15H,3-4,6,8H2,1-2H3. The van der Waals surface area contributed by atoms with Gasteiger partial charge in [0.25, 0.3) is 5.91 Å². The number of aliphatic hydroxyl groups is 1. The molecule has 4 nitrogen and oxygen atoms in total. The van der Waals surface area contributed by atoms with Gasteiger partial charge in [-0.05, 0) is 39.2 Å². The smallest absolute Gasteiger partial charge is 0.257 e. The molecular weight excluding hydrogens is 218 g/mol. The van der Waals surface area contributed by atoms with E-state index in [4.69, 9.17) is 4.42 Å². The fourth-order valence-corrected chi connectivity index (χ4v) is 2.50. The minimum Gasteiger partial charge on any atom is -0.469 e. The third-order valence-corrected chi connectivity index (χ3v) is 3.34. The van der Waals surface area contributed by atoms with E-state index in [1.54, 1.807) is 26.2 Å². The summed E-state index contributed by atoms with van der Waals surface area (Å²) >= 11 is 0. The van der Waals surface area contributed by atoms with Crippen molar-refractivity contribution in [2.75, 3.05) is 6.54 Å². The Morgan fingerprint density at radius 3 is 3.06 bits per heavy atom. The lowest BCUT2D eigenvalue weighted by Crippen LogP contribution is -2.37. The van der Waals surface area contributed by atoms with E-state index in [1.807, 2.05) is 4.90 Å². The molecule has 2 unspecified atom stereocenters. The Bertz CT molecular complexity index is 397. The van der Waals surface area contributed by atoms with E-state index < -0.39 is 0 Å². The second-order valence-corrected chi connectivity index (χ2v) is 4.77. The van der Waals surface area contributed by atoms with Gasteiger partial charge in [-0.15, -0.1) is 0 Å². The van der Waals surface area contributed by atoms with Crippen LogP contribution in [0, 0.1) is 6.92 Å².